The van der Waals surface area contributed by atoms with Crippen LogP contribution in [0, 0.1) is 23.1 Å². The Kier molecular flexibility index (Phi) is 9.88. The number of carboxylic acid groups (broad SMARTS) is 1. The summed E-state index contributed by atoms with van der Waals surface area (Å²) in [6.45, 7) is 12.8. The monoisotopic (exact) mass is 589 g/mol. The van der Waals surface area contributed by atoms with Crippen molar-refractivity contribution in [1.82, 2.24) is 10.2 Å². The number of nitrogens with zero attached hydrogens (tertiary/aromatic N) is 2. The minimum atomic E-state index is -0.975. The van der Waals surface area contributed by atoms with Crippen molar-refractivity contribution < 1.29 is 23.9 Å². The highest BCUT2D eigenvalue weighted by Gasteiger charge is 2.52. The van der Waals surface area contributed by atoms with Crippen molar-refractivity contribution in [2.45, 2.75) is 84.3 Å². The van der Waals surface area contributed by atoms with Crippen molar-refractivity contribution in [3.05, 3.63) is 83.7 Å². The number of halogens is 1. The van der Waals surface area contributed by atoms with E-state index in [1.807, 2.05) is 23.1 Å². The minimum Gasteiger partial charge on any atom is -0.481 e. The number of rotatable bonds is 11. The van der Waals surface area contributed by atoms with Gasteiger partial charge in [0.05, 0.1) is 12.5 Å². The van der Waals surface area contributed by atoms with Gasteiger partial charge < -0.3 is 15.3 Å². The predicted octanol–water partition coefficient (Wildman–Crippen LogP) is 6.94. The molecule has 2 amide bonds. The van der Waals surface area contributed by atoms with Crippen LogP contribution in [0.15, 0.2) is 66.2 Å². The SMILES string of the molecule is C=CC(C)C1CCC2(CC1)N=C(c1ccc(F)cc1)C(=O)N2C(CCC(C)(C)C)c1ccc(C(=O)NCCC(=O)O)cc1. The van der Waals surface area contributed by atoms with Gasteiger partial charge in [-0.2, -0.15) is 0 Å². The van der Waals surface area contributed by atoms with Crippen LogP contribution in [0.3, 0.4) is 0 Å². The molecule has 1 aliphatic carbocycles. The predicted molar refractivity (Wildman–Crippen MR) is 166 cm³/mol. The van der Waals surface area contributed by atoms with Gasteiger partial charge in [0.1, 0.15) is 17.2 Å². The molecule has 2 aromatic rings. The average Bonchev–Trinajstić information content (AvgIpc) is 3.24. The second-order valence-corrected chi connectivity index (χ2v) is 13.2. The van der Waals surface area contributed by atoms with Gasteiger partial charge in [0.15, 0.2) is 0 Å². The molecule has 4 rings (SSSR count). The molecule has 2 aromatic carbocycles. The van der Waals surface area contributed by atoms with Gasteiger partial charge in [-0.1, -0.05) is 45.9 Å². The summed E-state index contributed by atoms with van der Waals surface area (Å²) in [6.07, 6.45) is 6.69. The number of benzene rings is 2. The van der Waals surface area contributed by atoms with Gasteiger partial charge in [-0.3, -0.25) is 19.4 Å². The Bertz CT molecular complexity index is 1350. The molecule has 1 saturated carbocycles. The summed E-state index contributed by atoms with van der Waals surface area (Å²) in [6, 6.07) is 12.9. The number of aliphatic carboxylic acids is 1. The molecule has 2 atom stereocenters. The molecule has 1 spiro atoms. The lowest BCUT2D eigenvalue weighted by atomic mass is 9.75. The third-order valence-corrected chi connectivity index (χ3v) is 8.92. The Morgan fingerprint density at radius 3 is 2.33 bits per heavy atom. The minimum absolute atomic E-state index is 0.0237. The molecule has 1 aliphatic heterocycles. The van der Waals surface area contributed by atoms with Crippen LogP contribution in [-0.2, 0) is 9.59 Å². The molecule has 8 heteroatoms. The fourth-order valence-corrected chi connectivity index (χ4v) is 6.27. The zero-order valence-electron chi connectivity index (χ0n) is 25.7. The molecular formula is C35H44FN3O4. The molecular weight excluding hydrogens is 545 g/mol. The van der Waals surface area contributed by atoms with Crippen molar-refractivity contribution in [2.24, 2.45) is 22.2 Å². The summed E-state index contributed by atoms with van der Waals surface area (Å²) in [5.41, 5.74) is 1.62. The van der Waals surface area contributed by atoms with Crippen LogP contribution < -0.4 is 5.32 Å². The van der Waals surface area contributed by atoms with Crippen molar-refractivity contribution in [1.29, 1.82) is 0 Å². The van der Waals surface area contributed by atoms with E-state index in [4.69, 9.17) is 10.1 Å². The number of hydrogen-bond acceptors (Lipinski definition) is 4. The van der Waals surface area contributed by atoms with Crippen LogP contribution in [0.1, 0.15) is 100 Å². The smallest absolute Gasteiger partial charge is 0.305 e. The van der Waals surface area contributed by atoms with Crippen molar-refractivity contribution in [3.8, 4) is 0 Å². The standard InChI is InChI=1S/C35H44FN3O4/c1-6-23(2)24-15-20-35(21-16-24)38-31(26-11-13-28(36)14-12-26)33(43)39(35)29(17-19-34(3,4)5)25-7-9-27(10-8-25)32(42)37-22-18-30(40)41/h6-14,23-24,29H,1,15-22H2,2-5H3,(H,37,42)(H,40,41). The topological polar surface area (TPSA) is 99.1 Å². The van der Waals surface area contributed by atoms with Gasteiger partial charge in [0, 0.05) is 17.7 Å². The van der Waals surface area contributed by atoms with Crippen LogP contribution in [-0.4, -0.2) is 45.7 Å². The highest BCUT2D eigenvalue weighted by Crippen LogP contribution is 2.48. The third-order valence-electron chi connectivity index (χ3n) is 8.92. The Morgan fingerprint density at radius 1 is 1.14 bits per heavy atom. The first kappa shape index (κ1) is 32.1. The summed E-state index contributed by atoms with van der Waals surface area (Å²) in [5, 5.41) is 11.5. The van der Waals surface area contributed by atoms with Crippen molar-refractivity contribution in [2.75, 3.05) is 6.54 Å². The number of nitrogens with one attached hydrogen (secondary N) is 1. The third kappa shape index (κ3) is 7.59. The molecule has 43 heavy (non-hydrogen) atoms. The molecule has 2 unspecified atom stereocenters. The van der Waals surface area contributed by atoms with E-state index in [9.17, 15) is 18.8 Å². The lowest BCUT2D eigenvalue weighted by Crippen LogP contribution is -2.51. The van der Waals surface area contributed by atoms with Crippen LogP contribution in [0.5, 0.6) is 0 Å². The van der Waals surface area contributed by atoms with E-state index in [0.717, 1.165) is 37.7 Å². The van der Waals surface area contributed by atoms with E-state index in [0.29, 0.717) is 35.1 Å². The van der Waals surface area contributed by atoms with E-state index >= 15 is 0 Å². The Morgan fingerprint density at radius 2 is 1.77 bits per heavy atom. The number of carboxylic acids is 1. The highest BCUT2D eigenvalue weighted by molar-refractivity contribution is 6.46. The maximum Gasteiger partial charge on any atom is 0.305 e. The fraction of sp³-hybridized carbons (Fsp3) is 0.486. The van der Waals surface area contributed by atoms with E-state index < -0.39 is 11.6 Å². The number of hydrogen-bond donors (Lipinski definition) is 2. The van der Waals surface area contributed by atoms with Crippen molar-refractivity contribution >= 4 is 23.5 Å². The molecule has 0 aromatic heterocycles. The molecule has 0 saturated heterocycles. The molecule has 2 aliphatic rings. The lowest BCUT2D eigenvalue weighted by Gasteiger charge is -2.46. The van der Waals surface area contributed by atoms with Gasteiger partial charge >= 0.3 is 5.97 Å². The van der Waals surface area contributed by atoms with Gasteiger partial charge in [0.2, 0.25) is 0 Å². The Hall–Kier alpha value is -3.81. The number of carbonyl (C=O) groups is 3. The lowest BCUT2D eigenvalue weighted by molar-refractivity contribution is -0.137. The second-order valence-electron chi connectivity index (χ2n) is 13.2. The van der Waals surface area contributed by atoms with Crippen LogP contribution >= 0.6 is 0 Å². The van der Waals surface area contributed by atoms with E-state index in [2.05, 4.69) is 39.6 Å². The first-order valence-corrected chi connectivity index (χ1v) is 15.3. The first-order chi connectivity index (χ1) is 20.3. The zero-order valence-corrected chi connectivity index (χ0v) is 25.7. The largest absolute Gasteiger partial charge is 0.481 e. The quantitative estimate of drug-likeness (QED) is 0.278. The normalized spacial score (nSPS) is 21.8. The summed E-state index contributed by atoms with van der Waals surface area (Å²) in [5.74, 6) is -1.00. The zero-order chi connectivity index (χ0) is 31.4. The Balaban J connectivity index is 1.71. The maximum atomic E-state index is 14.4. The summed E-state index contributed by atoms with van der Waals surface area (Å²) >= 11 is 0. The average molecular weight is 590 g/mol. The number of carbonyl (C=O) groups excluding carboxylic acids is 2. The number of amides is 2. The molecule has 2 N–H and O–H groups in total. The van der Waals surface area contributed by atoms with E-state index in [1.165, 1.54) is 12.1 Å². The molecule has 0 bridgehead atoms. The van der Waals surface area contributed by atoms with Gasteiger partial charge in [-0.25, -0.2) is 4.39 Å². The summed E-state index contributed by atoms with van der Waals surface area (Å²) < 4.78 is 13.8. The fourth-order valence-electron chi connectivity index (χ4n) is 6.27. The van der Waals surface area contributed by atoms with Crippen LogP contribution in [0.2, 0.25) is 0 Å². The molecule has 230 valence electrons. The maximum absolute atomic E-state index is 14.4. The molecule has 0 radical (unpaired) electrons. The second kappa shape index (κ2) is 13.2. The summed E-state index contributed by atoms with van der Waals surface area (Å²) in [7, 11) is 0. The summed E-state index contributed by atoms with van der Waals surface area (Å²) in [4.78, 5) is 45.0. The first-order valence-electron chi connectivity index (χ1n) is 15.3. The van der Waals surface area contributed by atoms with Gasteiger partial charge in [0.25, 0.3) is 11.8 Å². The number of allylic oxidation sites excluding steroid dienone is 1. The molecule has 1 fully saturated rings. The van der Waals surface area contributed by atoms with Crippen molar-refractivity contribution in [3.63, 3.8) is 0 Å². The Labute approximate surface area is 254 Å². The van der Waals surface area contributed by atoms with Gasteiger partial charge in [-0.15, -0.1) is 6.58 Å². The van der Waals surface area contributed by atoms with Crippen LogP contribution in [0.4, 0.5) is 4.39 Å². The van der Waals surface area contributed by atoms with E-state index in [1.54, 1.807) is 24.3 Å². The van der Waals surface area contributed by atoms with Crippen LogP contribution in [0.25, 0.3) is 0 Å². The number of aliphatic imine (C=N–C) groups is 1. The molecule has 7 nitrogen and oxygen atoms in total. The van der Waals surface area contributed by atoms with Gasteiger partial charge in [-0.05, 0) is 97.7 Å². The van der Waals surface area contributed by atoms with E-state index in [-0.39, 0.29) is 42.1 Å². The molecule has 1 heterocycles. The highest BCUT2D eigenvalue weighted by atomic mass is 19.1.